The number of fused-ring (bicyclic) bond motifs is 3. The number of halogens is 2. The van der Waals surface area contributed by atoms with Gasteiger partial charge in [-0.2, -0.15) is 0 Å². The van der Waals surface area contributed by atoms with Crippen LogP contribution in [0.5, 0.6) is 0 Å². The van der Waals surface area contributed by atoms with Crippen LogP contribution in [0.2, 0.25) is 0 Å². The van der Waals surface area contributed by atoms with Gasteiger partial charge in [0.25, 0.3) is 0 Å². The molecule has 0 amide bonds. The molecule has 4 aromatic carbocycles. The van der Waals surface area contributed by atoms with Gasteiger partial charge in [0.05, 0.1) is 0 Å². The molecule has 0 atom stereocenters. The molecule has 0 N–H and O–H groups in total. The molecule has 0 aromatic heterocycles. The second kappa shape index (κ2) is 13.3. The molecule has 0 radical (unpaired) electrons. The minimum absolute atomic E-state index is 0. The van der Waals surface area contributed by atoms with Crippen molar-refractivity contribution in [3.05, 3.63) is 150 Å². The molecule has 41 heavy (non-hydrogen) atoms. The average Bonchev–Trinajstić information content (AvgIpc) is 3.44. The van der Waals surface area contributed by atoms with E-state index in [-0.39, 0.29) is 24.8 Å². The minimum atomic E-state index is -2.68. The maximum atomic E-state index is 2.57. The summed E-state index contributed by atoms with van der Waals surface area (Å²) in [6.45, 7) is 11.7. The molecule has 6 rings (SSSR count). The van der Waals surface area contributed by atoms with Gasteiger partial charge in [0.2, 0.25) is 0 Å². The zero-order valence-corrected chi connectivity index (χ0v) is 28.7. The number of rotatable bonds is 6. The summed E-state index contributed by atoms with van der Waals surface area (Å²) >= 11 is -2.68. The summed E-state index contributed by atoms with van der Waals surface area (Å²) in [7, 11) is 0. The Morgan fingerprint density at radius 1 is 0.634 bits per heavy atom. The molecule has 2 aliphatic carbocycles. The van der Waals surface area contributed by atoms with Crippen molar-refractivity contribution >= 4 is 3.21 Å². The molecular weight excluding hydrogens is 619 g/mol. The van der Waals surface area contributed by atoms with E-state index < -0.39 is 21.3 Å². The summed E-state index contributed by atoms with van der Waals surface area (Å²) in [5, 5.41) is 0. The molecule has 0 bridgehead atoms. The largest absolute Gasteiger partial charge is 1.00 e. The molecule has 4 aromatic rings. The molecule has 0 spiro atoms. The number of aryl methyl sites for hydroxylation is 2. The van der Waals surface area contributed by atoms with Crippen LogP contribution in [0.3, 0.4) is 0 Å². The van der Waals surface area contributed by atoms with Crippen molar-refractivity contribution in [2.24, 2.45) is 0 Å². The van der Waals surface area contributed by atoms with Gasteiger partial charge in [-0.3, -0.25) is 0 Å². The van der Waals surface area contributed by atoms with Crippen molar-refractivity contribution in [2.45, 2.75) is 57.5 Å². The fourth-order valence-electron chi connectivity index (χ4n) is 6.64. The predicted molar refractivity (Wildman–Crippen MR) is 164 cm³/mol. The monoisotopic (exact) mass is 654 g/mol. The maximum absolute atomic E-state index is 2.68. The fourth-order valence-corrected chi connectivity index (χ4v) is 16.6. The second-order valence-electron chi connectivity index (χ2n) is 11.2. The standard InChI is InChI=1S/C17H17.C13H10.C8H11.2ClH.Zr/c1-3-12-5-7-16-14(9-12)11-15-10-13(4-2)6-8-17(15)16;1-3-7-12(8-4-1)11-13-9-5-2-6-10-13;1-6-4-5-7(2)8(6)3;;;/h5-11H,3-4H2,1-2H3;1-10H;4H2,1-3H3;2*1H;/q;;;;;+2/p-2. The van der Waals surface area contributed by atoms with E-state index in [0.717, 1.165) is 19.3 Å². The quantitative estimate of drug-likeness (QED) is 0.297. The van der Waals surface area contributed by atoms with E-state index in [1.165, 1.54) is 39.0 Å². The predicted octanol–water partition coefficient (Wildman–Crippen LogP) is 3.79. The van der Waals surface area contributed by atoms with Gasteiger partial charge in [-0.05, 0) is 0 Å². The smallest absolute Gasteiger partial charge is 1.00 e. The van der Waals surface area contributed by atoms with E-state index in [0.29, 0.717) is 3.63 Å². The van der Waals surface area contributed by atoms with E-state index in [2.05, 4.69) is 132 Å². The van der Waals surface area contributed by atoms with Crippen molar-refractivity contribution < 1.29 is 46.1 Å². The third-order valence-electron chi connectivity index (χ3n) is 9.07. The van der Waals surface area contributed by atoms with Crippen molar-refractivity contribution in [1.29, 1.82) is 0 Å². The molecule has 0 saturated heterocycles. The molecule has 0 fully saturated rings. The van der Waals surface area contributed by atoms with Gasteiger partial charge in [0, 0.05) is 0 Å². The zero-order valence-electron chi connectivity index (χ0n) is 24.7. The normalized spacial score (nSPS) is 13.7. The van der Waals surface area contributed by atoms with E-state index in [1.807, 2.05) is 0 Å². The number of benzene rings is 4. The Morgan fingerprint density at radius 2 is 1.10 bits per heavy atom. The Hall–Kier alpha value is -2.31. The number of hydrogen-bond acceptors (Lipinski definition) is 0. The van der Waals surface area contributed by atoms with Crippen molar-refractivity contribution in [3.8, 4) is 11.1 Å². The Kier molecular flexibility index (Phi) is 10.3. The Balaban J connectivity index is 0.00000194. The van der Waals surface area contributed by atoms with E-state index in [1.54, 1.807) is 28.8 Å². The SMILES string of the molecule is CCc1ccc2c(c1)[CH]([Zr+2]([C]1=C(C)C(C)=C(C)C1)=[C](c1ccccc1)c1ccccc1)c1cc(CC)ccc1-2.[Cl-].[Cl-]. The van der Waals surface area contributed by atoms with Gasteiger partial charge in [-0.15, -0.1) is 0 Å². The summed E-state index contributed by atoms with van der Waals surface area (Å²) in [5.41, 5.74) is 16.5. The van der Waals surface area contributed by atoms with Crippen LogP contribution in [0.15, 0.2) is 117 Å². The molecule has 0 saturated carbocycles. The maximum Gasteiger partial charge on any atom is -1.00 e. The topological polar surface area (TPSA) is 0 Å². The summed E-state index contributed by atoms with van der Waals surface area (Å²) in [6, 6.07) is 37.4. The van der Waals surface area contributed by atoms with Crippen molar-refractivity contribution in [2.75, 3.05) is 0 Å². The second-order valence-corrected chi connectivity index (χ2v) is 17.4. The van der Waals surface area contributed by atoms with Gasteiger partial charge in [-0.25, -0.2) is 0 Å². The summed E-state index contributed by atoms with van der Waals surface area (Å²) in [6.07, 6.45) is 3.28. The van der Waals surface area contributed by atoms with E-state index >= 15 is 0 Å². The Bertz CT molecular complexity index is 1560. The molecule has 0 unspecified atom stereocenters. The first-order chi connectivity index (χ1) is 19.0. The molecule has 2 aliphatic rings. The third kappa shape index (κ3) is 5.71. The first kappa shape index (κ1) is 31.6. The van der Waals surface area contributed by atoms with Crippen LogP contribution in [0.25, 0.3) is 11.1 Å². The fraction of sp³-hybridized carbons (Fsp3) is 0.237. The van der Waals surface area contributed by atoms with Gasteiger partial charge in [0.1, 0.15) is 0 Å². The van der Waals surface area contributed by atoms with Gasteiger partial charge < -0.3 is 24.8 Å². The summed E-state index contributed by atoms with van der Waals surface area (Å²) in [5.74, 6) is 0. The molecule has 0 nitrogen and oxygen atoms in total. The molecule has 3 heteroatoms. The minimum Gasteiger partial charge on any atom is -1.00 e. The Morgan fingerprint density at radius 3 is 1.49 bits per heavy atom. The van der Waals surface area contributed by atoms with Gasteiger partial charge in [0.15, 0.2) is 0 Å². The first-order valence-corrected chi connectivity index (χ1v) is 18.4. The number of allylic oxidation sites excluding steroid dienone is 4. The molecule has 208 valence electrons. The van der Waals surface area contributed by atoms with Crippen LogP contribution < -0.4 is 24.8 Å². The molecule has 0 aliphatic heterocycles. The number of hydrogen-bond donors (Lipinski definition) is 0. The Labute approximate surface area is 266 Å². The average molecular weight is 657 g/mol. The van der Waals surface area contributed by atoms with Crippen LogP contribution in [-0.4, -0.2) is 3.21 Å². The summed E-state index contributed by atoms with van der Waals surface area (Å²) in [4.78, 5) is 0. The van der Waals surface area contributed by atoms with Crippen LogP contribution >= 0.6 is 0 Å². The van der Waals surface area contributed by atoms with Crippen molar-refractivity contribution in [1.82, 2.24) is 0 Å². The van der Waals surface area contributed by atoms with E-state index in [4.69, 9.17) is 0 Å². The van der Waals surface area contributed by atoms with Crippen LogP contribution in [0.4, 0.5) is 0 Å². The zero-order chi connectivity index (χ0) is 27.1. The van der Waals surface area contributed by atoms with Crippen LogP contribution in [-0.2, 0) is 34.1 Å². The van der Waals surface area contributed by atoms with E-state index in [9.17, 15) is 0 Å². The summed E-state index contributed by atoms with van der Waals surface area (Å²) < 4.78 is 3.89. The van der Waals surface area contributed by atoms with Crippen molar-refractivity contribution in [3.63, 3.8) is 0 Å². The van der Waals surface area contributed by atoms with Gasteiger partial charge >= 0.3 is 244 Å². The first-order valence-electron chi connectivity index (χ1n) is 14.5. The molecular formula is C38H38Cl2Zr. The molecule has 0 heterocycles. The van der Waals surface area contributed by atoms with Crippen LogP contribution in [0, 0.1) is 0 Å². The third-order valence-corrected chi connectivity index (χ3v) is 17.7. The van der Waals surface area contributed by atoms with Gasteiger partial charge in [-0.1, -0.05) is 0 Å². The van der Waals surface area contributed by atoms with Crippen LogP contribution in [0.1, 0.15) is 78.0 Å².